The summed E-state index contributed by atoms with van der Waals surface area (Å²) in [7, 11) is 0. The Bertz CT molecular complexity index is 512. The molecule has 1 aromatic carbocycles. The maximum atomic E-state index is 12.6. The zero-order valence-electron chi connectivity index (χ0n) is 11.4. The van der Waals surface area contributed by atoms with Gasteiger partial charge in [0.15, 0.2) is 11.5 Å². The number of likely N-dealkylation sites (tertiary alicyclic amines) is 1. The highest BCUT2D eigenvalue weighted by molar-refractivity contribution is 9.10. The number of amides is 1. The van der Waals surface area contributed by atoms with Crippen molar-refractivity contribution in [2.45, 2.75) is 25.7 Å². The summed E-state index contributed by atoms with van der Waals surface area (Å²) in [5, 5.41) is 0. The van der Waals surface area contributed by atoms with Gasteiger partial charge in [0.1, 0.15) is 0 Å². The number of nitrogens with zero attached hydrogens (tertiary/aromatic N) is 1. The van der Waals surface area contributed by atoms with E-state index < -0.39 is 0 Å². The molecule has 20 heavy (non-hydrogen) atoms. The largest absolute Gasteiger partial charge is 0.490 e. The first-order chi connectivity index (χ1) is 9.75. The molecule has 108 valence electrons. The summed E-state index contributed by atoms with van der Waals surface area (Å²) in [6.07, 6.45) is 4.26. The molecule has 1 amide bonds. The fraction of sp³-hybridized carbons (Fsp3) is 0.533. The fourth-order valence-corrected chi connectivity index (χ4v) is 3.11. The van der Waals surface area contributed by atoms with E-state index in [2.05, 4.69) is 15.9 Å². The molecular weight excluding hydrogens is 322 g/mol. The van der Waals surface area contributed by atoms with Crippen molar-refractivity contribution in [3.8, 4) is 11.5 Å². The van der Waals surface area contributed by atoms with Crippen LogP contribution in [0.25, 0.3) is 0 Å². The van der Waals surface area contributed by atoms with Crippen LogP contribution in [0.15, 0.2) is 16.6 Å². The first kappa shape index (κ1) is 13.7. The Morgan fingerprint density at radius 2 is 1.65 bits per heavy atom. The second kappa shape index (κ2) is 6.04. The van der Waals surface area contributed by atoms with Crippen LogP contribution < -0.4 is 9.47 Å². The number of rotatable bonds is 1. The van der Waals surface area contributed by atoms with E-state index in [-0.39, 0.29) is 5.91 Å². The third-order valence-electron chi connectivity index (χ3n) is 3.71. The molecule has 4 nitrogen and oxygen atoms in total. The highest BCUT2D eigenvalue weighted by atomic mass is 79.9. The maximum Gasteiger partial charge on any atom is 0.255 e. The number of hydrogen-bond acceptors (Lipinski definition) is 3. The van der Waals surface area contributed by atoms with Crippen LogP contribution in [0.3, 0.4) is 0 Å². The van der Waals surface area contributed by atoms with Crippen LogP contribution in [0.2, 0.25) is 0 Å². The molecule has 0 radical (unpaired) electrons. The summed E-state index contributed by atoms with van der Waals surface area (Å²) >= 11 is 3.49. The van der Waals surface area contributed by atoms with E-state index in [0.29, 0.717) is 30.3 Å². The molecule has 0 aliphatic carbocycles. The molecule has 5 heteroatoms. The topological polar surface area (TPSA) is 38.8 Å². The summed E-state index contributed by atoms with van der Waals surface area (Å²) in [6, 6.07) is 3.65. The quantitative estimate of drug-likeness (QED) is 0.788. The monoisotopic (exact) mass is 339 g/mol. The van der Waals surface area contributed by atoms with Gasteiger partial charge in [-0.1, -0.05) is 0 Å². The molecule has 0 saturated carbocycles. The van der Waals surface area contributed by atoms with Crippen molar-refractivity contribution in [2.24, 2.45) is 0 Å². The fourth-order valence-electron chi connectivity index (χ4n) is 2.62. The molecule has 2 aliphatic heterocycles. The van der Waals surface area contributed by atoms with E-state index in [0.717, 1.165) is 36.8 Å². The molecule has 1 aromatic rings. The van der Waals surface area contributed by atoms with Crippen LogP contribution in [0.4, 0.5) is 0 Å². The van der Waals surface area contributed by atoms with Gasteiger partial charge in [-0.2, -0.15) is 0 Å². The zero-order chi connectivity index (χ0) is 13.9. The molecule has 2 aliphatic rings. The van der Waals surface area contributed by atoms with Gasteiger partial charge in [0.2, 0.25) is 0 Å². The number of hydrogen-bond donors (Lipinski definition) is 0. The van der Waals surface area contributed by atoms with Crippen molar-refractivity contribution < 1.29 is 14.3 Å². The number of benzene rings is 1. The van der Waals surface area contributed by atoms with E-state index in [9.17, 15) is 4.79 Å². The van der Waals surface area contributed by atoms with E-state index in [4.69, 9.17) is 9.47 Å². The Hall–Kier alpha value is -1.23. The molecule has 2 heterocycles. The lowest BCUT2D eigenvalue weighted by atomic mass is 10.1. The molecule has 0 atom stereocenters. The van der Waals surface area contributed by atoms with Crippen LogP contribution in [0.1, 0.15) is 36.0 Å². The number of piperidine rings is 1. The molecule has 3 rings (SSSR count). The van der Waals surface area contributed by atoms with E-state index in [1.54, 1.807) is 0 Å². The third kappa shape index (κ3) is 2.77. The molecule has 1 fully saturated rings. The van der Waals surface area contributed by atoms with Gasteiger partial charge in [0, 0.05) is 24.0 Å². The third-order valence-corrected chi connectivity index (χ3v) is 4.37. The zero-order valence-corrected chi connectivity index (χ0v) is 12.9. The molecule has 0 aromatic heterocycles. The Morgan fingerprint density at radius 3 is 2.35 bits per heavy atom. The average Bonchev–Trinajstić information content (AvgIpc) is 2.71. The van der Waals surface area contributed by atoms with Crippen molar-refractivity contribution in [1.82, 2.24) is 4.90 Å². The Balaban J connectivity index is 1.88. The molecule has 0 unspecified atom stereocenters. The Labute approximate surface area is 127 Å². The van der Waals surface area contributed by atoms with Crippen LogP contribution >= 0.6 is 15.9 Å². The Kier molecular flexibility index (Phi) is 4.15. The van der Waals surface area contributed by atoms with Gasteiger partial charge in [-0.3, -0.25) is 4.79 Å². The van der Waals surface area contributed by atoms with Crippen molar-refractivity contribution >= 4 is 21.8 Å². The van der Waals surface area contributed by atoms with Crippen molar-refractivity contribution in [2.75, 3.05) is 26.3 Å². The number of halogens is 1. The van der Waals surface area contributed by atoms with E-state index in [1.165, 1.54) is 6.42 Å². The molecular formula is C15H18BrNO3. The van der Waals surface area contributed by atoms with Crippen LogP contribution in [0, 0.1) is 0 Å². The number of carbonyl (C=O) groups excluding carboxylic acids is 1. The van der Waals surface area contributed by atoms with Gasteiger partial charge in [-0.25, -0.2) is 0 Å². The standard InChI is InChI=1S/C15H18BrNO3/c16-12-10-14-13(19-7-4-8-20-14)9-11(12)15(18)17-5-2-1-3-6-17/h9-10H,1-8H2. The highest BCUT2D eigenvalue weighted by Gasteiger charge is 2.23. The van der Waals surface area contributed by atoms with Crippen LogP contribution in [0.5, 0.6) is 11.5 Å². The second-order valence-electron chi connectivity index (χ2n) is 5.18. The number of fused-ring (bicyclic) bond motifs is 1. The second-order valence-corrected chi connectivity index (χ2v) is 6.04. The van der Waals surface area contributed by atoms with Crippen LogP contribution in [-0.2, 0) is 0 Å². The van der Waals surface area contributed by atoms with Gasteiger partial charge in [0.25, 0.3) is 5.91 Å². The van der Waals surface area contributed by atoms with Gasteiger partial charge in [-0.05, 0) is 47.3 Å². The first-order valence-electron chi connectivity index (χ1n) is 7.14. The smallest absolute Gasteiger partial charge is 0.255 e. The maximum absolute atomic E-state index is 12.6. The minimum Gasteiger partial charge on any atom is -0.490 e. The predicted octanol–water partition coefficient (Wildman–Crippen LogP) is 3.24. The molecule has 0 spiro atoms. The average molecular weight is 340 g/mol. The molecule has 0 N–H and O–H groups in total. The van der Waals surface area contributed by atoms with Crippen molar-refractivity contribution in [3.05, 3.63) is 22.2 Å². The summed E-state index contributed by atoms with van der Waals surface area (Å²) in [4.78, 5) is 14.5. The summed E-state index contributed by atoms with van der Waals surface area (Å²) in [5.74, 6) is 1.46. The number of carbonyl (C=O) groups is 1. The normalized spacial score (nSPS) is 18.6. The van der Waals surface area contributed by atoms with E-state index in [1.807, 2.05) is 17.0 Å². The minimum atomic E-state index is 0.0761. The lowest BCUT2D eigenvalue weighted by Crippen LogP contribution is -2.35. The summed E-state index contributed by atoms with van der Waals surface area (Å²) in [6.45, 7) is 2.98. The van der Waals surface area contributed by atoms with E-state index >= 15 is 0 Å². The highest BCUT2D eigenvalue weighted by Crippen LogP contribution is 2.35. The van der Waals surface area contributed by atoms with Gasteiger partial charge >= 0.3 is 0 Å². The minimum absolute atomic E-state index is 0.0761. The van der Waals surface area contributed by atoms with Crippen molar-refractivity contribution in [3.63, 3.8) is 0 Å². The lowest BCUT2D eigenvalue weighted by molar-refractivity contribution is 0.0723. The lowest BCUT2D eigenvalue weighted by Gasteiger charge is -2.27. The first-order valence-corrected chi connectivity index (χ1v) is 7.93. The Morgan fingerprint density at radius 1 is 1.00 bits per heavy atom. The summed E-state index contributed by atoms with van der Waals surface area (Å²) in [5.41, 5.74) is 0.663. The SMILES string of the molecule is O=C(c1cc2c(cc1Br)OCCCO2)N1CCCCC1. The number of ether oxygens (including phenoxy) is 2. The molecule has 0 bridgehead atoms. The molecule has 1 saturated heterocycles. The predicted molar refractivity (Wildman–Crippen MR) is 79.5 cm³/mol. The van der Waals surface area contributed by atoms with Crippen molar-refractivity contribution in [1.29, 1.82) is 0 Å². The van der Waals surface area contributed by atoms with Crippen LogP contribution in [-0.4, -0.2) is 37.1 Å². The summed E-state index contributed by atoms with van der Waals surface area (Å²) < 4.78 is 12.1. The van der Waals surface area contributed by atoms with Gasteiger partial charge in [-0.15, -0.1) is 0 Å². The van der Waals surface area contributed by atoms with Gasteiger partial charge < -0.3 is 14.4 Å². The van der Waals surface area contributed by atoms with Gasteiger partial charge in [0.05, 0.1) is 18.8 Å².